The molecule has 6 heteroatoms. The van der Waals surface area contributed by atoms with E-state index in [1.807, 2.05) is 12.1 Å². The number of rotatable bonds is 4. The van der Waals surface area contributed by atoms with Crippen molar-refractivity contribution >= 4 is 28.5 Å². The van der Waals surface area contributed by atoms with Crippen molar-refractivity contribution < 1.29 is 9.52 Å². The molecular formula is C14H20N4O2. The van der Waals surface area contributed by atoms with Crippen molar-refractivity contribution in [3.8, 4) is 0 Å². The summed E-state index contributed by atoms with van der Waals surface area (Å²) in [6.45, 7) is 2.55. The summed E-state index contributed by atoms with van der Waals surface area (Å²) < 4.78 is 5.56. The van der Waals surface area contributed by atoms with Gasteiger partial charge in [0.15, 0.2) is 5.58 Å². The third-order valence-electron chi connectivity index (χ3n) is 3.62. The number of nitrogens with two attached hydrogens (primary N) is 1. The van der Waals surface area contributed by atoms with Gasteiger partial charge in [-0.2, -0.15) is 4.98 Å². The summed E-state index contributed by atoms with van der Waals surface area (Å²) in [5.74, 6) is 0. The molecule has 1 saturated heterocycles. The first-order chi connectivity index (χ1) is 9.78. The van der Waals surface area contributed by atoms with Crippen molar-refractivity contribution in [2.45, 2.75) is 19.3 Å². The number of aliphatic hydroxyl groups is 1. The van der Waals surface area contributed by atoms with Crippen LogP contribution in [0, 0.1) is 0 Å². The van der Waals surface area contributed by atoms with Crippen LogP contribution in [0.3, 0.4) is 0 Å². The van der Waals surface area contributed by atoms with Crippen molar-refractivity contribution in [1.29, 1.82) is 0 Å². The third-order valence-corrected chi connectivity index (χ3v) is 3.62. The largest absolute Gasteiger partial charge is 0.423 e. The van der Waals surface area contributed by atoms with E-state index in [-0.39, 0.29) is 6.61 Å². The van der Waals surface area contributed by atoms with E-state index in [0.29, 0.717) is 18.1 Å². The summed E-state index contributed by atoms with van der Waals surface area (Å²) in [4.78, 5) is 6.69. The van der Waals surface area contributed by atoms with Gasteiger partial charge in [-0.15, -0.1) is 0 Å². The number of anilines is 3. The number of hydrogen-bond acceptors (Lipinski definition) is 6. The van der Waals surface area contributed by atoms with Crippen molar-refractivity contribution in [2.24, 2.45) is 0 Å². The third kappa shape index (κ3) is 2.51. The lowest BCUT2D eigenvalue weighted by Crippen LogP contribution is -2.29. The Morgan fingerprint density at radius 3 is 2.85 bits per heavy atom. The maximum absolute atomic E-state index is 8.80. The molecule has 2 aromatic rings. The molecule has 2 heterocycles. The molecule has 1 aromatic heterocycles. The predicted molar refractivity (Wildman–Crippen MR) is 80.1 cm³/mol. The van der Waals surface area contributed by atoms with Crippen LogP contribution in [0.15, 0.2) is 16.5 Å². The molecule has 1 fully saturated rings. The van der Waals surface area contributed by atoms with E-state index in [4.69, 9.17) is 15.3 Å². The molecule has 0 amide bonds. The van der Waals surface area contributed by atoms with Gasteiger partial charge in [-0.3, -0.25) is 0 Å². The average molecular weight is 276 g/mol. The lowest BCUT2D eigenvalue weighted by atomic mass is 10.1. The number of nitrogens with zero attached hydrogens (tertiary/aromatic N) is 2. The van der Waals surface area contributed by atoms with E-state index >= 15 is 0 Å². The maximum atomic E-state index is 8.80. The molecule has 0 saturated carbocycles. The monoisotopic (exact) mass is 276 g/mol. The Hall–Kier alpha value is -1.95. The van der Waals surface area contributed by atoms with Crippen LogP contribution in [-0.4, -0.2) is 36.3 Å². The number of oxazole rings is 1. The zero-order valence-corrected chi connectivity index (χ0v) is 11.4. The van der Waals surface area contributed by atoms with Crippen LogP contribution >= 0.6 is 0 Å². The quantitative estimate of drug-likeness (QED) is 0.738. The Bertz CT molecular complexity index is 590. The van der Waals surface area contributed by atoms with E-state index in [1.54, 1.807) is 0 Å². The minimum atomic E-state index is 0.0416. The highest BCUT2D eigenvalue weighted by Crippen LogP contribution is 2.32. The van der Waals surface area contributed by atoms with Gasteiger partial charge in [0.25, 0.3) is 6.01 Å². The molecule has 6 nitrogen and oxygen atoms in total. The molecule has 1 aliphatic heterocycles. The van der Waals surface area contributed by atoms with Gasteiger partial charge in [-0.25, -0.2) is 0 Å². The Morgan fingerprint density at radius 2 is 2.10 bits per heavy atom. The SMILES string of the molecule is Nc1cc2oc(NCCO)nc2cc1N1CCCCC1. The van der Waals surface area contributed by atoms with Gasteiger partial charge in [-0.1, -0.05) is 0 Å². The summed E-state index contributed by atoms with van der Waals surface area (Å²) in [6, 6.07) is 4.24. The van der Waals surface area contributed by atoms with Crippen LogP contribution in [-0.2, 0) is 0 Å². The van der Waals surface area contributed by atoms with E-state index < -0.39 is 0 Å². The van der Waals surface area contributed by atoms with Crippen LogP contribution in [0.2, 0.25) is 0 Å². The number of piperidine rings is 1. The van der Waals surface area contributed by atoms with E-state index in [2.05, 4.69) is 15.2 Å². The van der Waals surface area contributed by atoms with Gasteiger partial charge in [0.05, 0.1) is 18.0 Å². The van der Waals surface area contributed by atoms with Gasteiger partial charge < -0.3 is 25.5 Å². The summed E-state index contributed by atoms with van der Waals surface area (Å²) in [7, 11) is 0. The number of nitrogen functional groups attached to an aromatic ring is 1. The molecule has 108 valence electrons. The maximum Gasteiger partial charge on any atom is 0.295 e. The number of nitrogens with one attached hydrogen (secondary N) is 1. The zero-order chi connectivity index (χ0) is 13.9. The second-order valence-electron chi connectivity index (χ2n) is 5.10. The van der Waals surface area contributed by atoms with E-state index in [9.17, 15) is 0 Å². The zero-order valence-electron chi connectivity index (χ0n) is 11.4. The van der Waals surface area contributed by atoms with Crippen molar-refractivity contribution in [1.82, 2.24) is 4.98 Å². The van der Waals surface area contributed by atoms with Gasteiger partial charge in [0.1, 0.15) is 5.52 Å². The normalized spacial score (nSPS) is 15.8. The Labute approximate surface area is 117 Å². The van der Waals surface area contributed by atoms with Crippen LogP contribution < -0.4 is 16.0 Å². The molecule has 0 atom stereocenters. The number of fused-ring (bicyclic) bond motifs is 1. The first kappa shape index (κ1) is 13.1. The van der Waals surface area contributed by atoms with Crippen LogP contribution in [0.4, 0.5) is 17.4 Å². The van der Waals surface area contributed by atoms with Crippen LogP contribution in [0.5, 0.6) is 0 Å². The molecule has 0 radical (unpaired) electrons. The topological polar surface area (TPSA) is 87.5 Å². The lowest BCUT2D eigenvalue weighted by molar-refractivity contribution is 0.310. The highest BCUT2D eigenvalue weighted by atomic mass is 16.4. The highest BCUT2D eigenvalue weighted by Gasteiger charge is 2.16. The minimum Gasteiger partial charge on any atom is -0.423 e. The second-order valence-corrected chi connectivity index (χ2v) is 5.10. The van der Waals surface area contributed by atoms with E-state index in [0.717, 1.165) is 30.0 Å². The molecule has 4 N–H and O–H groups in total. The fraction of sp³-hybridized carbons (Fsp3) is 0.500. The minimum absolute atomic E-state index is 0.0416. The first-order valence-electron chi connectivity index (χ1n) is 7.07. The van der Waals surface area contributed by atoms with E-state index in [1.165, 1.54) is 19.3 Å². The highest BCUT2D eigenvalue weighted by molar-refractivity contribution is 5.86. The molecule has 0 bridgehead atoms. The molecule has 1 aromatic carbocycles. The number of aromatic nitrogens is 1. The average Bonchev–Trinajstić information content (AvgIpc) is 2.86. The van der Waals surface area contributed by atoms with Crippen molar-refractivity contribution in [3.63, 3.8) is 0 Å². The second kappa shape index (κ2) is 5.58. The molecule has 20 heavy (non-hydrogen) atoms. The molecule has 3 rings (SSSR count). The predicted octanol–water partition coefficient (Wildman–Crippen LogP) is 1.80. The summed E-state index contributed by atoms with van der Waals surface area (Å²) in [5.41, 5.74) is 9.37. The Balaban J connectivity index is 1.91. The summed E-state index contributed by atoms with van der Waals surface area (Å²) in [6.07, 6.45) is 3.71. The molecule has 0 aliphatic carbocycles. The van der Waals surface area contributed by atoms with Gasteiger partial charge in [-0.05, 0) is 25.3 Å². The van der Waals surface area contributed by atoms with Gasteiger partial charge in [0.2, 0.25) is 0 Å². The summed E-state index contributed by atoms with van der Waals surface area (Å²) >= 11 is 0. The number of aliphatic hydroxyl groups excluding tert-OH is 1. The molecule has 0 spiro atoms. The van der Waals surface area contributed by atoms with Crippen molar-refractivity contribution in [3.05, 3.63) is 12.1 Å². The van der Waals surface area contributed by atoms with Crippen LogP contribution in [0.25, 0.3) is 11.1 Å². The van der Waals surface area contributed by atoms with Crippen molar-refractivity contribution in [2.75, 3.05) is 42.2 Å². The number of benzene rings is 1. The lowest BCUT2D eigenvalue weighted by Gasteiger charge is -2.29. The summed E-state index contributed by atoms with van der Waals surface area (Å²) in [5, 5.41) is 11.7. The molecule has 1 aliphatic rings. The van der Waals surface area contributed by atoms with Crippen LogP contribution in [0.1, 0.15) is 19.3 Å². The first-order valence-corrected chi connectivity index (χ1v) is 7.07. The Morgan fingerprint density at radius 1 is 1.30 bits per heavy atom. The number of hydrogen-bond donors (Lipinski definition) is 3. The standard InChI is InChI=1S/C14H20N4O2/c15-10-8-13-11(17-14(20-13)16-4-7-19)9-12(10)18-5-2-1-3-6-18/h8-9,19H,1-7,15H2,(H,16,17). The van der Waals surface area contributed by atoms with Gasteiger partial charge in [0, 0.05) is 25.7 Å². The fourth-order valence-corrected chi connectivity index (χ4v) is 2.63. The smallest absolute Gasteiger partial charge is 0.295 e. The fourth-order valence-electron chi connectivity index (χ4n) is 2.63. The Kier molecular flexibility index (Phi) is 3.64. The molecule has 0 unspecified atom stereocenters. The molecular weight excluding hydrogens is 256 g/mol. The van der Waals surface area contributed by atoms with Gasteiger partial charge >= 0.3 is 0 Å².